The second kappa shape index (κ2) is 8.92. The van der Waals surface area contributed by atoms with Gasteiger partial charge in [0, 0.05) is 24.2 Å². The number of nitrogens with two attached hydrogens (primary N) is 2. The zero-order chi connectivity index (χ0) is 22.6. The smallest absolute Gasteiger partial charge is 0.364 e. The third kappa shape index (κ3) is 5.23. The van der Waals surface area contributed by atoms with Crippen molar-refractivity contribution in [1.82, 2.24) is 15.3 Å². The van der Waals surface area contributed by atoms with Gasteiger partial charge in [-0.05, 0) is 29.8 Å². The Morgan fingerprint density at radius 1 is 1.06 bits per heavy atom. The zero-order valence-electron chi connectivity index (χ0n) is 16.1. The second-order valence-corrected chi connectivity index (χ2v) is 6.58. The fraction of sp³-hybridized carbons (Fsp3) is 0.143. The Balaban J connectivity index is 1.75. The summed E-state index contributed by atoms with van der Waals surface area (Å²) < 4.78 is 37.9. The molecule has 1 heterocycles. The Bertz CT molecular complexity index is 1110. The molecule has 0 bridgehead atoms. The number of benzene rings is 2. The van der Waals surface area contributed by atoms with E-state index in [1.807, 2.05) is 0 Å². The lowest BCUT2D eigenvalue weighted by Gasteiger charge is -2.10. The first-order valence-corrected chi connectivity index (χ1v) is 9.09. The van der Waals surface area contributed by atoms with E-state index < -0.39 is 23.6 Å². The molecule has 1 aromatic heterocycles. The van der Waals surface area contributed by atoms with Gasteiger partial charge >= 0.3 is 6.18 Å². The van der Waals surface area contributed by atoms with Gasteiger partial charge in [-0.3, -0.25) is 14.6 Å². The van der Waals surface area contributed by atoms with E-state index in [1.54, 1.807) is 24.3 Å². The number of amides is 2. The molecule has 31 heavy (non-hydrogen) atoms. The lowest BCUT2D eigenvalue weighted by atomic mass is 10.1. The van der Waals surface area contributed by atoms with E-state index in [0.29, 0.717) is 22.4 Å². The van der Waals surface area contributed by atoms with Gasteiger partial charge in [0.25, 0.3) is 11.8 Å². The molecule has 2 amide bonds. The molecular weight excluding hydrogens is 411 g/mol. The molecule has 7 nitrogen and oxygen atoms in total. The third-order valence-electron chi connectivity index (χ3n) is 4.43. The van der Waals surface area contributed by atoms with Crippen molar-refractivity contribution in [1.29, 1.82) is 0 Å². The van der Waals surface area contributed by atoms with E-state index in [2.05, 4.69) is 15.3 Å². The maximum Gasteiger partial charge on any atom is 0.416 e. The number of halogens is 3. The first-order valence-electron chi connectivity index (χ1n) is 9.09. The SMILES string of the molecule is NCc1ncc(-c2cccc(C(=O)NCc3ccc(C(F)(F)F)cc3)c2)nc1C(N)=O. The van der Waals surface area contributed by atoms with Gasteiger partial charge < -0.3 is 16.8 Å². The predicted octanol–water partition coefficient (Wildman–Crippen LogP) is 2.65. The first-order chi connectivity index (χ1) is 14.7. The molecule has 0 aliphatic heterocycles. The summed E-state index contributed by atoms with van der Waals surface area (Å²) in [6.45, 7) is 0.0516. The predicted molar refractivity (Wildman–Crippen MR) is 106 cm³/mol. The number of nitrogens with zero attached hydrogens (tertiary/aromatic N) is 2. The minimum absolute atomic E-state index is 0.00203. The molecule has 10 heteroatoms. The number of hydrogen-bond acceptors (Lipinski definition) is 5. The van der Waals surface area contributed by atoms with Gasteiger partial charge in [0.05, 0.1) is 23.1 Å². The molecule has 0 radical (unpaired) electrons. The zero-order valence-corrected chi connectivity index (χ0v) is 16.1. The van der Waals surface area contributed by atoms with Gasteiger partial charge in [0.1, 0.15) is 0 Å². The fourth-order valence-electron chi connectivity index (χ4n) is 2.82. The van der Waals surface area contributed by atoms with Crippen LogP contribution in [0.1, 0.15) is 37.7 Å². The summed E-state index contributed by atoms with van der Waals surface area (Å²) in [5.41, 5.74) is 12.0. The molecule has 0 aliphatic rings. The Morgan fingerprint density at radius 2 is 1.77 bits per heavy atom. The average molecular weight is 429 g/mol. The molecule has 2 aromatic carbocycles. The normalized spacial score (nSPS) is 11.2. The summed E-state index contributed by atoms with van der Waals surface area (Å²) in [6.07, 6.45) is -2.99. The van der Waals surface area contributed by atoms with Crippen LogP contribution < -0.4 is 16.8 Å². The molecule has 3 rings (SSSR count). The number of aromatic nitrogens is 2. The average Bonchev–Trinajstić information content (AvgIpc) is 2.76. The number of alkyl halides is 3. The number of carbonyl (C=O) groups is 2. The van der Waals surface area contributed by atoms with E-state index >= 15 is 0 Å². The molecule has 0 aliphatic carbocycles. The van der Waals surface area contributed by atoms with Crippen LogP contribution >= 0.6 is 0 Å². The monoisotopic (exact) mass is 429 g/mol. The maximum absolute atomic E-state index is 12.6. The van der Waals surface area contributed by atoms with Crippen LogP contribution in [0.4, 0.5) is 13.2 Å². The summed E-state index contributed by atoms with van der Waals surface area (Å²) in [7, 11) is 0. The highest BCUT2D eigenvalue weighted by Gasteiger charge is 2.29. The Labute approximate surface area is 175 Å². The van der Waals surface area contributed by atoms with Crippen molar-refractivity contribution >= 4 is 11.8 Å². The summed E-state index contributed by atoms with van der Waals surface area (Å²) in [5.74, 6) is -1.19. The molecular formula is C21H18F3N5O2. The van der Waals surface area contributed by atoms with Crippen LogP contribution in [0.5, 0.6) is 0 Å². The van der Waals surface area contributed by atoms with Crippen molar-refractivity contribution in [2.45, 2.75) is 19.3 Å². The lowest BCUT2D eigenvalue weighted by Crippen LogP contribution is -2.23. The third-order valence-corrected chi connectivity index (χ3v) is 4.43. The number of nitrogens with one attached hydrogen (secondary N) is 1. The van der Waals surface area contributed by atoms with Gasteiger partial charge in [-0.1, -0.05) is 24.3 Å². The van der Waals surface area contributed by atoms with Crippen LogP contribution in [0.3, 0.4) is 0 Å². The number of primary amides is 1. The van der Waals surface area contributed by atoms with E-state index in [9.17, 15) is 22.8 Å². The van der Waals surface area contributed by atoms with Crippen LogP contribution in [0, 0.1) is 0 Å². The Hall–Kier alpha value is -3.79. The topological polar surface area (TPSA) is 124 Å². The standard InChI is InChI=1S/C21H18F3N5O2/c22-21(23,24)15-6-4-12(5-7-15)10-28-20(31)14-3-1-2-13(8-14)17-11-27-16(9-25)18(29-17)19(26)30/h1-8,11H,9-10,25H2,(H2,26,30)(H,28,31). The van der Waals surface area contributed by atoms with Crippen molar-refractivity contribution < 1.29 is 22.8 Å². The number of carbonyl (C=O) groups excluding carboxylic acids is 2. The molecule has 0 unspecified atom stereocenters. The Kier molecular flexibility index (Phi) is 6.30. The van der Waals surface area contributed by atoms with Crippen molar-refractivity contribution in [2.24, 2.45) is 11.5 Å². The van der Waals surface area contributed by atoms with Crippen LogP contribution in [0.25, 0.3) is 11.3 Å². The highest BCUT2D eigenvalue weighted by molar-refractivity contribution is 5.95. The summed E-state index contributed by atoms with van der Waals surface area (Å²) >= 11 is 0. The van der Waals surface area contributed by atoms with E-state index in [0.717, 1.165) is 12.1 Å². The van der Waals surface area contributed by atoms with Crippen molar-refractivity contribution in [2.75, 3.05) is 0 Å². The van der Waals surface area contributed by atoms with E-state index in [1.165, 1.54) is 18.3 Å². The van der Waals surface area contributed by atoms with Crippen LogP contribution in [0.2, 0.25) is 0 Å². The maximum atomic E-state index is 12.6. The molecule has 0 atom stereocenters. The van der Waals surface area contributed by atoms with Gasteiger partial charge in [0.15, 0.2) is 5.69 Å². The molecule has 0 saturated heterocycles. The molecule has 3 aromatic rings. The quantitative estimate of drug-likeness (QED) is 0.556. The summed E-state index contributed by atoms with van der Waals surface area (Å²) in [6, 6.07) is 11.0. The van der Waals surface area contributed by atoms with Gasteiger partial charge in [0.2, 0.25) is 0 Å². The first kappa shape index (κ1) is 21.9. The van der Waals surface area contributed by atoms with Crippen molar-refractivity contribution in [3.8, 4) is 11.3 Å². The molecule has 0 saturated carbocycles. The highest BCUT2D eigenvalue weighted by atomic mass is 19.4. The lowest BCUT2D eigenvalue weighted by molar-refractivity contribution is -0.137. The van der Waals surface area contributed by atoms with Gasteiger partial charge in [-0.25, -0.2) is 4.98 Å². The molecule has 0 spiro atoms. The van der Waals surface area contributed by atoms with Crippen molar-refractivity contribution in [3.05, 3.63) is 82.8 Å². The van der Waals surface area contributed by atoms with Crippen molar-refractivity contribution in [3.63, 3.8) is 0 Å². The summed E-state index contributed by atoms with van der Waals surface area (Å²) in [4.78, 5) is 32.4. The van der Waals surface area contributed by atoms with E-state index in [4.69, 9.17) is 11.5 Å². The fourth-order valence-corrected chi connectivity index (χ4v) is 2.82. The number of rotatable bonds is 6. The summed E-state index contributed by atoms with van der Waals surface area (Å²) in [5, 5.41) is 2.65. The number of hydrogen-bond donors (Lipinski definition) is 3. The molecule has 160 valence electrons. The van der Waals surface area contributed by atoms with Gasteiger partial charge in [-0.15, -0.1) is 0 Å². The minimum atomic E-state index is -4.41. The molecule has 5 N–H and O–H groups in total. The largest absolute Gasteiger partial charge is 0.416 e. The highest BCUT2D eigenvalue weighted by Crippen LogP contribution is 2.29. The molecule has 0 fully saturated rings. The van der Waals surface area contributed by atoms with Crippen LogP contribution in [-0.4, -0.2) is 21.8 Å². The Morgan fingerprint density at radius 3 is 2.39 bits per heavy atom. The second-order valence-electron chi connectivity index (χ2n) is 6.58. The minimum Gasteiger partial charge on any atom is -0.364 e. The van der Waals surface area contributed by atoms with Crippen LogP contribution in [0.15, 0.2) is 54.7 Å². The van der Waals surface area contributed by atoms with Gasteiger partial charge in [-0.2, -0.15) is 13.2 Å². The van der Waals surface area contributed by atoms with E-state index in [-0.39, 0.29) is 24.5 Å². The van der Waals surface area contributed by atoms with Crippen LogP contribution in [-0.2, 0) is 19.3 Å².